The first-order valence-electron chi connectivity index (χ1n) is 8.26. The highest BCUT2D eigenvalue weighted by Crippen LogP contribution is 2.18. The lowest BCUT2D eigenvalue weighted by molar-refractivity contribution is -0.124. The molecule has 1 saturated heterocycles. The van der Waals surface area contributed by atoms with E-state index >= 15 is 0 Å². The van der Waals surface area contributed by atoms with E-state index in [9.17, 15) is 9.59 Å². The molecule has 10 heteroatoms. The van der Waals surface area contributed by atoms with Gasteiger partial charge < -0.3 is 20.5 Å². The number of benzene rings is 1. The molecule has 2 amide bonds. The van der Waals surface area contributed by atoms with Gasteiger partial charge in [0.05, 0.1) is 19.2 Å². The van der Waals surface area contributed by atoms with E-state index in [1.165, 1.54) is 11.0 Å². The van der Waals surface area contributed by atoms with Crippen LogP contribution in [0.3, 0.4) is 0 Å². The highest BCUT2D eigenvalue weighted by Gasteiger charge is 2.29. The number of aromatic nitrogens is 4. The number of aryl methyl sites for hydroxylation is 1. The van der Waals surface area contributed by atoms with Gasteiger partial charge in [0.15, 0.2) is 0 Å². The number of nitrogens with two attached hydrogens (primary N) is 1. The van der Waals surface area contributed by atoms with Crippen LogP contribution >= 0.6 is 0 Å². The molecule has 3 rings (SSSR count). The average molecular weight is 360 g/mol. The maximum atomic E-state index is 12.2. The van der Waals surface area contributed by atoms with E-state index in [1.54, 1.807) is 24.3 Å². The summed E-state index contributed by atoms with van der Waals surface area (Å²) in [5, 5.41) is 13.8. The van der Waals surface area contributed by atoms with Gasteiger partial charge in [0.2, 0.25) is 11.8 Å². The number of nitrogens with one attached hydrogen (secondary N) is 1. The number of carbonyl (C=O) groups excluding carboxylic acids is 2. The van der Waals surface area contributed by atoms with Gasteiger partial charge in [0.1, 0.15) is 18.2 Å². The Morgan fingerprint density at radius 2 is 2.15 bits per heavy atom. The van der Waals surface area contributed by atoms with Crippen LogP contribution in [0.25, 0.3) is 0 Å². The number of ether oxygens (including phenoxy) is 2. The molecule has 0 aliphatic carbocycles. The first-order chi connectivity index (χ1) is 12.6. The molecule has 26 heavy (non-hydrogen) atoms. The van der Waals surface area contributed by atoms with Crippen LogP contribution in [0.5, 0.6) is 5.75 Å². The molecular formula is C16H20N6O4. The highest BCUT2D eigenvalue weighted by molar-refractivity contribution is 5.92. The van der Waals surface area contributed by atoms with Crippen LogP contribution in [0.1, 0.15) is 23.2 Å². The second kappa shape index (κ2) is 8.39. The van der Waals surface area contributed by atoms with Crippen molar-refractivity contribution in [2.24, 2.45) is 5.73 Å². The Hall–Kier alpha value is -3.01. The van der Waals surface area contributed by atoms with Gasteiger partial charge in [0, 0.05) is 18.6 Å². The lowest BCUT2D eigenvalue weighted by Crippen LogP contribution is -2.51. The molecule has 2 heterocycles. The number of hydrogen-bond acceptors (Lipinski definition) is 7. The number of tetrazole rings is 1. The zero-order chi connectivity index (χ0) is 18.4. The normalized spacial score (nSPS) is 19.7. The van der Waals surface area contributed by atoms with Gasteiger partial charge in [-0.15, -0.1) is 5.10 Å². The van der Waals surface area contributed by atoms with Crippen LogP contribution in [-0.2, 0) is 16.1 Å². The molecule has 3 N–H and O–H groups in total. The van der Waals surface area contributed by atoms with Crippen LogP contribution in [0.15, 0.2) is 30.6 Å². The molecule has 1 aromatic carbocycles. The van der Waals surface area contributed by atoms with Crippen molar-refractivity contribution >= 4 is 11.8 Å². The van der Waals surface area contributed by atoms with Crippen molar-refractivity contribution in [3.05, 3.63) is 36.2 Å². The molecule has 1 aromatic heterocycles. The largest absolute Gasteiger partial charge is 0.486 e. The van der Waals surface area contributed by atoms with E-state index in [0.717, 1.165) is 0 Å². The fourth-order valence-electron chi connectivity index (χ4n) is 2.64. The Bertz CT molecular complexity index is 734. The minimum atomic E-state index is -0.495. The lowest BCUT2D eigenvalue weighted by atomic mass is 10.1. The minimum absolute atomic E-state index is 0.106. The topological polar surface area (TPSA) is 134 Å². The fraction of sp³-hybridized carbons (Fsp3) is 0.438. The third-order valence-corrected chi connectivity index (χ3v) is 4.04. The van der Waals surface area contributed by atoms with Crippen molar-refractivity contribution in [3.8, 4) is 5.75 Å². The second-order valence-corrected chi connectivity index (χ2v) is 5.91. The average Bonchev–Trinajstić information content (AvgIpc) is 3.16. The summed E-state index contributed by atoms with van der Waals surface area (Å²) in [6.07, 6.45) is 2.06. The van der Waals surface area contributed by atoms with Crippen LogP contribution in [-0.4, -0.2) is 57.4 Å². The number of nitrogens with zero attached hydrogens (tertiary/aromatic N) is 4. The van der Waals surface area contributed by atoms with Gasteiger partial charge in [-0.1, -0.05) is 0 Å². The summed E-state index contributed by atoms with van der Waals surface area (Å²) in [5.74, 6) is -0.0196. The van der Waals surface area contributed by atoms with Crippen LogP contribution < -0.4 is 15.8 Å². The maximum Gasteiger partial charge on any atom is 0.248 e. The van der Waals surface area contributed by atoms with E-state index < -0.39 is 5.91 Å². The molecule has 138 valence electrons. The number of amides is 2. The minimum Gasteiger partial charge on any atom is -0.486 e. The molecule has 1 fully saturated rings. The maximum absolute atomic E-state index is 12.2. The van der Waals surface area contributed by atoms with Crippen LogP contribution in [0.4, 0.5) is 0 Å². The van der Waals surface area contributed by atoms with E-state index in [-0.39, 0.29) is 24.5 Å². The smallest absolute Gasteiger partial charge is 0.248 e. The zero-order valence-corrected chi connectivity index (χ0v) is 14.1. The standard InChI is InChI=1S/C16H20N6O4/c17-16(24)11-1-3-12(4-2-11)26-14-9-25-8-6-13(14)19-15(23)5-7-22-10-18-20-21-22/h1-4,10,13-14H,5-9H2,(H2,17,24)(H,19,23)/t13-,14-/m1/s1. The molecule has 10 nitrogen and oxygen atoms in total. The Kier molecular flexibility index (Phi) is 5.74. The fourth-order valence-corrected chi connectivity index (χ4v) is 2.64. The van der Waals surface area contributed by atoms with Crippen molar-refractivity contribution < 1.29 is 19.1 Å². The molecule has 0 radical (unpaired) electrons. The van der Waals surface area contributed by atoms with Gasteiger partial charge in [-0.25, -0.2) is 4.68 Å². The molecular weight excluding hydrogens is 340 g/mol. The van der Waals surface area contributed by atoms with E-state index in [4.69, 9.17) is 15.2 Å². The molecule has 0 spiro atoms. The lowest BCUT2D eigenvalue weighted by Gasteiger charge is -2.32. The Morgan fingerprint density at radius 1 is 1.35 bits per heavy atom. The molecule has 0 bridgehead atoms. The zero-order valence-electron chi connectivity index (χ0n) is 14.1. The van der Waals surface area contributed by atoms with Crippen LogP contribution in [0, 0.1) is 0 Å². The molecule has 0 saturated carbocycles. The van der Waals surface area contributed by atoms with E-state index in [1.807, 2.05) is 0 Å². The molecule has 0 unspecified atom stereocenters. The Morgan fingerprint density at radius 3 is 2.85 bits per heavy atom. The Labute approximate surface area is 149 Å². The second-order valence-electron chi connectivity index (χ2n) is 5.91. The quantitative estimate of drug-likeness (QED) is 0.680. The number of primary amides is 1. The summed E-state index contributed by atoms with van der Waals surface area (Å²) < 4.78 is 12.9. The third-order valence-electron chi connectivity index (χ3n) is 4.04. The van der Waals surface area contributed by atoms with Crippen molar-refractivity contribution in [2.45, 2.75) is 31.5 Å². The number of rotatable bonds is 7. The van der Waals surface area contributed by atoms with Crippen molar-refractivity contribution in [2.75, 3.05) is 13.2 Å². The van der Waals surface area contributed by atoms with Crippen molar-refractivity contribution in [1.82, 2.24) is 25.5 Å². The number of carbonyl (C=O) groups is 2. The van der Waals surface area contributed by atoms with Crippen LogP contribution in [0.2, 0.25) is 0 Å². The first-order valence-corrected chi connectivity index (χ1v) is 8.26. The summed E-state index contributed by atoms with van der Waals surface area (Å²) in [7, 11) is 0. The summed E-state index contributed by atoms with van der Waals surface area (Å²) in [4.78, 5) is 23.3. The van der Waals surface area contributed by atoms with Gasteiger partial charge in [-0.2, -0.15) is 0 Å². The SMILES string of the molecule is NC(=O)c1ccc(O[C@@H]2COCC[C@H]2NC(=O)CCn2cnnn2)cc1. The van der Waals surface area contributed by atoms with Gasteiger partial charge >= 0.3 is 0 Å². The first kappa shape index (κ1) is 17.8. The van der Waals surface area contributed by atoms with Gasteiger partial charge in [-0.05, 0) is 41.1 Å². The summed E-state index contributed by atoms with van der Waals surface area (Å²) in [6.45, 7) is 1.33. The van der Waals surface area contributed by atoms with Crippen molar-refractivity contribution in [1.29, 1.82) is 0 Å². The molecule has 1 aliphatic rings. The number of hydrogen-bond donors (Lipinski definition) is 2. The van der Waals surface area contributed by atoms with Gasteiger partial charge in [0.25, 0.3) is 0 Å². The highest BCUT2D eigenvalue weighted by atomic mass is 16.5. The summed E-state index contributed by atoms with van der Waals surface area (Å²) >= 11 is 0. The summed E-state index contributed by atoms with van der Waals surface area (Å²) in [6, 6.07) is 6.37. The van der Waals surface area contributed by atoms with E-state index in [2.05, 4.69) is 20.8 Å². The third kappa shape index (κ3) is 4.76. The Balaban J connectivity index is 1.55. The monoisotopic (exact) mass is 360 g/mol. The van der Waals surface area contributed by atoms with Gasteiger partial charge in [-0.3, -0.25) is 9.59 Å². The molecule has 2 aromatic rings. The molecule has 2 atom stereocenters. The van der Waals surface area contributed by atoms with Crippen molar-refractivity contribution in [3.63, 3.8) is 0 Å². The predicted molar refractivity (Wildman–Crippen MR) is 89.2 cm³/mol. The molecule has 1 aliphatic heterocycles. The summed E-state index contributed by atoms with van der Waals surface area (Å²) in [5.41, 5.74) is 5.63. The van der Waals surface area contributed by atoms with E-state index in [0.29, 0.717) is 37.5 Å². The predicted octanol–water partition coefficient (Wildman–Crippen LogP) is -0.485.